The fourth-order valence-electron chi connectivity index (χ4n) is 2.44. The average molecular weight is 316 g/mol. The monoisotopic (exact) mass is 316 g/mol. The van der Waals surface area contributed by atoms with Crippen LogP contribution < -0.4 is 4.90 Å². The van der Waals surface area contributed by atoms with Gasteiger partial charge in [-0.3, -0.25) is 4.90 Å². The molecule has 0 unspecified atom stereocenters. The van der Waals surface area contributed by atoms with Gasteiger partial charge in [-0.05, 0) is 19.4 Å². The summed E-state index contributed by atoms with van der Waals surface area (Å²) in [6.07, 6.45) is 7.06. The minimum atomic E-state index is -0.382. The Morgan fingerprint density at radius 2 is 1.96 bits per heavy atom. The molecule has 0 bridgehead atoms. The van der Waals surface area contributed by atoms with Gasteiger partial charge in [0, 0.05) is 45.1 Å². The molecule has 2 rings (SSSR count). The lowest BCUT2D eigenvalue weighted by Gasteiger charge is -2.34. The summed E-state index contributed by atoms with van der Waals surface area (Å²) in [6.45, 7) is 12.6. The summed E-state index contributed by atoms with van der Waals surface area (Å²) in [4.78, 5) is 24.7. The standard InChI is InChI=1S/C17H24N4O2/c1-4-14(5-2)13-20-7-9-21(10-8-20)17-18-11-15(12-19-17)16(22)23-6-3/h4-5,11-12H,1,6-10,13H2,2-3H3/b14-5+. The van der Waals surface area contributed by atoms with Crippen LogP contribution in [0.15, 0.2) is 36.7 Å². The quantitative estimate of drug-likeness (QED) is 0.590. The highest BCUT2D eigenvalue weighted by Crippen LogP contribution is 2.12. The summed E-state index contributed by atoms with van der Waals surface area (Å²) < 4.78 is 4.93. The number of anilines is 1. The van der Waals surface area contributed by atoms with E-state index in [1.807, 2.05) is 13.0 Å². The molecule has 0 aliphatic carbocycles. The van der Waals surface area contributed by atoms with Gasteiger partial charge in [0.2, 0.25) is 5.95 Å². The summed E-state index contributed by atoms with van der Waals surface area (Å²) in [6, 6.07) is 0. The molecule has 23 heavy (non-hydrogen) atoms. The Bertz CT molecular complexity index is 560. The highest BCUT2D eigenvalue weighted by Gasteiger charge is 2.19. The van der Waals surface area contributed by atoms with Crippen LogP contribution in [0.3, 0.4) is 0 Å². The van der Waals surface area contributed by atoms with Gasteiger partial charge in [0.1, 0.15) is 0 Å². The van der Waals surface area contributed by atoms with Gasteiger partial charge in [-0.1, -0.05) is 18.7 Å². The van der Waals surface area contributed by atoms with Crippen molar-refractivity contribution in [2.75, 3.05) is 44.2 Å². The highest BCUT2D eigenvalue weighted by molar-refractivity contribution is 5.88. The first kappa shape index (κ1) is 17.1. The lowest BCUT2D eigenvalue weighted by atomic mass is 10.2. The van der Waals surface area contributed by atoms with E-state index < -0.39 is 0 Å². The number of hydrogen-bond acceptors (Lipinski definition) is 6. The fraction of sp³-hybridized carbons (Fsp3) is 0.471. The Balaban J connectivity index is 1.90. The molecule has 1 aromatic heterocycles. The zero-order chi connectivity index (χ0) is 16.7. The third-order valence-corrected chi connectivity index (χ3v) is 3.84. The molecule has 1 saturated heterocycles. The van der Waals surface area contributed by atoms with Gasteiger partial charge in [-0.15, -0.1) is 0 Å². The Kier molecular flexibility index (Phi) is 6.29. The van der Waals surface area contributed by atoms with Crippen LogP contribution in [-0.2, 0) is 4.74 Å². The van der Waals surface area contributed by atoms with Crippen molar-refractivity contribution in [1.29, 1.82) is 0 Å². The largest absolute Gasteiger partial charge is 0.462 e. The normalized spacial score (nSPS) is 16.3. The van der Waals surface area contributed by atoms with Crippen LogP contribution in [0.5, 0.6) is 0 Å². The third-order valence-electron chi connectivity index (χ3n) is 3.84. The second-order valence-corrected chi connectivity index (χ2v) is 5.32. The molecule has 1 aromatic rings. The summed E-state index contributed by atoms with van der Waals surface area (Å²) >= 11 is 0. The Labute approximate surface area is 137 Å². The summed E-state index contributed by atoms with van der Waals surface area (Å²) in [5, 5.41) is 0. The van der Waals surface area contributed by atoms with E-state index in [4.69, 9.17) is 4.74 Å². The van der Waals surface area contributed by atoms with Crippen LogP contribution in [0.2, 0.25) is 0 Å². The van der Waals surface area contributed by atoms with Crippen LogP contribution in [0, 0.1) is 0 Å². The predicted molar refractivity (Wildman–Crippen MR) is 90.6 cm³/mol. The number of carbonyl (C=O) groups excluding carboxylic acids is 1. The van der Waals surface area contributed by atoms with Gasteiger partial charge >= 0.3 is 5.97 Å². The molecular formula is C17H24N4O2. The second kappa shape index (κ2) is 8.43. The van der Waals surface area contributed by atoms with Crippen molar-refractivity contribution >= 4 is 11.9 Å². The van der Waals surface area contributed by atoms with Gasteiger partial charge in [0.25, 0.3) is 0 Å². The van der Waals surface area contributed by atoms with Crippen molar-refractivity contribution in [3.8, 4) is 0 Å². The maximum absolute atomic E-state index is 11.6. The molecule has 0 atom stereocenters. The van der Waals surface area contributed by atoms with E-state index in [0.717, 1.165) is 32.7 Å². The molecule has 2 heterocycles. The maximum Gasteiger partial charge on any atom is 0.341 e. The first-order valence-corrected chi connectivity index (χ1v) is 7.92. The Morgan fingerprint density at radius 3 is 2.48 bits per heavy atom. The van der Waals surface area contributed by atoms with Crippen LogP contribution in [0.25, 0.3) is 0 Å². The lowest BCUT2D eigenvalue weighted by Crippen LogP contribution is -2.47. The number of rotatable bonds is 6. The Morgan fingerprint density at radius 1 is 1.30 bits per heavy atom. The highest BCUT2D eigenvalue weighted by atomic mass is 16.5. The van der Waals surface area contributed by atoms with Gasteiger partial charge in [0.05, 0.1) is 12.2 Å². The van der Waals surface area contributed by atoms with Crippen molar-refractivity contribution in [3.63, 3.8) is 0 Å². The zero-order valence-electron chi connectivity index (χ0n) is 13.9. The third kappa shape index (κ3) is 4.63. The van der Waals surface area contributed by atoms with E-state index in [9.17, 15) is 4.79 Å². The van der Waals surface area contributed by atoms with Crippen LogP contribution in [-0.4, -0.2) is 60.2 Å². The van der Waals surface area contributed by atoms with Crippen molar-refractivity contribution < 1.29 is 9.53 Å². The number of ether oxygens (including phenoxy) is 1. The lowest BCUT2D eigenvalue weighted by molar-refractivity contribution is 0.0525. The van der Waals surface area contributed by atoms with Crippen molar-refractivity contribution in [2.45, 2.75) is 13.8 Å². The van der Waals surface area contributed by atoms with Crippen LogP contribution in [0.4, 0.5) is 5.95 Å². The number of carbonyl (C=O) groups is 1. The molecule has 0 radical (unpaired) electrons. The van der Waals surface area contributed by atoms with E-state index in [2.05, 4.69) is 32.4 Å². The first-order chi connectivity index (χ1) is 11.2. The number of nitrogens with zero attached hydrogens (tertiary/aromatic N) is 4. The van der Waals surface area contributed by atoms with Gasteiger partial charge in [-0.2, -0.15) is 0 Å². The fourth-order valence-corrected chi connectivity index (χ4v) is 2.44. The van der Waals surface area contributed by atoms with Gasteiger partial charge in [-0.25, -0.2) is 14.8 Å². The smallest absolute Gasteiger partial charge is 0.341 e. The average Bonchev–Trinajstić information content (AvgIpc) is 2.60. The molecule has 6 heteroatoms. The molecule has 1 aliphatic rings. The number of esters is 1. The Hall–Kier alpha value is -2.21. The molecule has 6 nitrogen and oxygen atoms in total. The van der Waals surface area contributed by atoms with Crippen LogP contribution >= 0.6 is 0 Å². The van der Waals surface area contributed by atoms with E-state index >= 15 is 0 Å². The molecule has 0 amide bonds. The van der Waals surface area contributed by atoms with E-state index in [1.54, 1.807) is 6.92 Å². The number of hydrogen-bond donors (Lipinski definition) is 0. The minimum Gasteiger partial charge on any atom is -0.462 e. The molecule has 1 aliphatic heterocycles. The van der Waals surface area contributed by atoms with E-state index in [1.165, 1.54) is 18.0 Å². The van der Waals surface area contributed by atoms with E-state index in [-0.39, 0.29) is 5.97 Å². The van der Waals surface area contributed by atoms with E-state index in [0.29, 0.717) is 18.1 Å². The topological polar surface area (TPSA) is 58.6 Å². The molecule has 0 spiro atoms. The summed E-state index contributed by atoms with van der Waals surface area (Å²) in [5.74, 6) is 0.278. The van der Waals surface area contributed by atoms with Crippen LogP contribution in [0.1, 0.15) is 24.2 Å². The molecule has 124 valence electrons. The molecule has 1 fully saturated rings. The number of allylic oxidation sites excluding steroid dienone is 1. The van der Waals surface area contributed by atoms with Gasteiger partial charge in [0.15, 0.2) is 0 Å². The van der Waals surface area contributed by atoms with Gasteiger partial charge < -0.3 is 9.64 Å². The zero-order valence-corrected chi connectivity index (χ0v) is 13.9. The summed E-state index contributed by atoms with van der Waals surface area (Å²) in [5.41, 5.74) is 1.63. The summed E-state index contributed by atoms with van der Waals surface area (Å²) in [7, 11) is 0. The SMILES string of the molecule is C=C/C(=C\C)CN1CCN(c2ncc(C(=O)OCC)cn2)CC1. The second-order valence-electron chi connectivity index (χ2n) is 5.32. The molecule has 0 aromatic carbocycles. The molecular weight excluding hydrogens is 292 g/mol. The molecule has 0 saturated carbocycles. The maximum atomic E-state index is 11.6. The predicted octanol–water partition coefficient (Wildman–Crippen LogP) is 1.91. The van der Waals surface area contributed by atoms with Crippen molar-refractivity contribution in [2.24, 2.45) is 0 Å². The minimum absolute atomic E-state index is 0.349. The van der Waals surface area contributed by atoms with Crippen molar-refractivity contribution in [1.82, 2.24) is 14.9 Å². The number of piperazine rings is 1. The first-order valence-electron chi connectivity index (χ1n) is 7.92. The van der Waals surface area contributed by atoms with Crippen molar-refractivity contribution in [3.05, 3.63) is 42.3 Å². The number of aromatic nitrogens is 2. The molecule has 0 N–H and O–H groups in total.